The summed E-state index contributed by atoms with van der Waals surface area (Å²) in [6, 6.07) is 21.5. The van der Waals surface area contributed by atoms with Gasteiger partial charge in [0, 0.05) is 19.7 Å². The van der Waals surface area contributed by atoms with Gasteiger partial charge in [0.25, 0.3) is 0 Å². The number of fused-ring (bicyclic) bond motifs is 2. The van der Waals surface area contributed by atoms with Gasteiger partial charge in [0.2, 0.25) is 0 Å². The van der Waals surface area contributed by atoms with E-state index in [2.05, 4.69) is 65.6 Å². The van der Waals surface area contributed by atoms with E-state index in [-0.39, 0.29) is 0 Å². The third kappa shape index (κ3) is 2.14. The summed E-state index contributed by atoms with van der Waals surface area (Å²) < 4.78 is 1.23. The number of nitrogens with zero attached hydrogens (tertiary/aromatic N) is 2. The summed E-state index contributed by atoms with van der Waals surface area (Å²) in [6.07, 6.45) is 0. The molecule has 22 heavy (non-hydrogen) atoms. The fourth-order valence-corrected chi connectivity index (χ4v) is 3.63. The van der Waals surface area contributed by atoms with E-state index < -0.39 is 0 Å². The van der Waals surface area contributed by atoms with Gasteiger partial charge in [-0.1, -0.05) is 59.9 Å². The zero-order chi connectivity index (χ0) is 15.1. The first kappa shape index (κ1) is 13.3. The average molecular weight is 304 g/mol. The predicted octanol–water partition coefficient (Wildman–Crippen LogP) is 5.18. The highest BCUT2D eigenvalue weighted by Gasteiger charge is 2.11. The third-order valence-electron chi connectivity index (χ3n) is 3.85. The van der Waals surface area contributed by atoms with Crippen LogP contribution in [0.1, 0.15) is 0 Å². The molecule has 0 aliphatic heterocycles. The maximum absolute atomic E-state index is 4.81. The molecule has 0 aliphatic rings. The second-order valence-electron chi connectivity index (χ2n) is 5.61. The topological polar surface area (TPSA) is 16.1 Å². The lowest BCUT2D eigenvalue weighted by atomic mass is 10.0. The summed E-state index contributed by atoms with van der Waals surface area (Å²) in [5, 5.41) is 3.58. The molecule has 0 aliphatic carbocycles. The molecule has 3 aromatic carbocycles. The van der Waals surface area contributed by atoms with Crippen LogP contribution in [0.3, 0.4) is 0 Å². The molecule has 1 aromatic heterocycles. The van der Waals surface area contributed by atoms with Gasteiger partial charge >= 0.3 is 0 Å². The molecule has 0 spiro atoms. The number of thiazole rings is 1. The van der Waals surface area contributed by atoms with Crippen LogP contribution < -0.4 is 4.90 Å². The first-order valence-electron chi connectivity index (χ1n) is 7.28. The van der Waals surface area contributed by atoms with E-state index >= 15 is 0 Å². The van der Waals surface area contributed by atoms with Gasteiger partial charge in [0.15, 0.2) is 5.13 Å². The molecule has 3 heteroatoms. The van der Waals surface area contributed by atoms with Crippen molar-refractivity contribution in [1.29, 1.82) is 0 Å². The van der Waals surface area contributed by atoms with Crippen LogP contribution in [-0.4, -0.2) is 19.1 Å². The normalized spacial score (nSPS) is 11.2. The lowest BCUT2D eigenvalue weighted by Gasteiger charge is -2.06. The molecule has 0 atom stereocenters. The minimum atomic E-state index is 1.04. The molecule has 0 saturated carbocycles. The minimum Gasteiger partial charge on any atom is -0.354 e. The van der Waals surface area contributed by atoms with E-state index in [0.717, 1.165) is 10.6 Å². The number of rotatable bonds is 2. The zero-order valence-corrected chi connectivity index (χ0v) is 13.4. The van der Waals surface area contributed by atoms with E-state index in [1.165, 1.54) is 26.6 Å². The van der Waals surface area contributed by atoms with Crippen molar-refractivity contribution in [3.05, 3.63) is 60.7 Å². The summed E-state index contributed by atoms with van der Waals surface area (Å²) in [5.74, 6) is 0. The predicted molar refractivity (Wildman–Crippen MR) is 96.9 cm³/mol. The maximum atomic E-state index is 4.81. The number of benzene rings is 3. The molecule has 4 aromatic rings. The molecule has 1 heterocycles. The molecular weight excluding hydrogens is 288 g/mol. The second kappa shape index (κ2) is 5.11. The van der Waals surface area contributed by atoms with Crippen LogP contribution in [0.2, 0.25) is 0 Å². The lowest BCUT2D eigenvalue weighted by Crippen LogP contribution is -2.07. The SMILES string of the molecule is CN(C)c1nc2c(-c3ccc4ccccc4c3)cccc2s1. The largest absolute Gasteiger partial charge is 0.354 e. The first-order chi connectivity index (χ1) is 10.7. The number of para-hydroxylation sites is 1. The van der Waals surface area contributed by atoms with Crippen LogP contribution >= 0.6 is 11.3 Å². The molecule has 0 radical (unpaired) electrons. The van der Waals surface area contributed by atoms with Crippen molar-refractivity contribution in [1.82, 2.24) is 4.98 Å². The standard InChI is InChI=1S/C19H16N2S/c1-21(2)19-20-18-16(8-5-9-17(18)22-19)15-11-10-13-6-3-4-7-14(13)12-15/h3-12H,1-2H3. The van der Waals surface area contributed by atoms with Crippen molar-refractivity contribution in [3.63, 3.8) is 0 Å². The van der Waals surface area contributed by atoms with Gasteiger partial charge in [0.1, 0.15) is 0 Å². The van der Waals surface area contributed by atoms with Gasteiger partial charge in [-0.3, -0.25) is 0 Å². The van der Waals surface area contributed by atoms with Crippen molar-refractivity contribution in [2.24, 2.45) is 0 Å². The van der Waals surface area contributed by atoms with Crippen LogP contribution in [-0.2, 0) is 0 Å². The van der Waals surface area contributed by atoms with Crippen molar-refractivity contribution in [2.75, 3.05) is 19.0 Å². The Kier molecular flexibility index (Phi) is 3.09. The Hall–Kier alpha value is -2.39. The monoisotopic (exact) mass is 304 g/mol. The molecule has 0 bridgehead atoms. The Morgan fingerprint density at radius 2 is 1.68 bits per heavy atom. The molecule has 0 fully saturated rings. The number of hydrogen-bond donors (Lipinski definition) is 0. The average Bonchev–Trinajstić information content (AvgIpc) is 2.99. The molecule has 108 valence electrons. The number of hydrogen-bond acceptors (Lipinski definition) is 3. The van der Waals surface area contributed by atoms with Gasteiger partial charge in [-0.05, 0) is 28.5 Å². The van der Waals surface area contributed by atoms with Crippen molar-refractivity contribution < 1.29 is 0 Å². The molecular formula is C19H16N2S. The molecule has 2 nitrogen and oxygen atoms in total. The van der Waals surface area contributed by atoms with Gasteiger partial charge in [-0.15, -0.1) is 0 Å². The highest BCUT2D eigenvalue weighted by Crippen LogP contribution is 2.35. The molecule has 0 amide bonds. The van der Waals surface area contributed by atoms with Crippen molar-refractivity contribution >= 4 is 37.5 Å². The van der Waals surface area contributed by atoms with Crippen LogP contribution in [0.5, 0.6) is 0 Å². The van der Waals surface area contributed by atoms with Gasteiger partial charge in [-0.2, -0.15) is 0 Å². The summed E-state index contributed by atoms with van der Waals surface area (Å²) in [7, 11) is 4.07. The number of aromatic nitrogens is 1. The molecule has 0 saturated heterocycles. The lowest BCUT2D eigenvalue weighted by molar-refractivity contribution is 1.11. The highest BCUT2D eigenvalue weighted by atomic mass is 32.1. The maximum Gasteiger partial charge on any atom is 0.185 e. The zero-order valence-electron chi connectivity index (χ0n) is 12.6. The summed E-state index contributed by atoms with van der Waals surface area (Å²) >= 11 is 1.73. The fraction of sp³-hybridized carbons (Fsp3) is 0.105. The van der Waals surface area contributed by atoms with Gasteiger partial charge < -0.3 is 4.90 Å². The first-order valence-corrected chi connectivity index (χ1v) is 8.10. The molecule has 4 rings (SSSR count). The third-order valence-corrected chi connectivity index (χ3v) is 5.04. The molecule has 0 unspecified atom stereocenters. The number of anilines is 1. The highest BCUT2D eigenvalue weighted by molar-refractivity contribution is 7.22. The quantitative estimate of drug-likeness (QED) is 0.507. The van der Waals surface area contributed by atoms with Crippen molar-refractivity contribution in [2.45, 2.75) is 0 Å². The second-order valence-corrected chi connectivity index (χ2v) is 6.61. The molecule has 0 N–H and O–H groups in total. The Morgan fingerprint density at radius 1 is 0.864 bits per heavy atom. The summed E-state index contributed by atoms with van der Waals surface area (Å²) in [4.78, 5) is 6.88. The van der Waals surface area contributed by atoms with Gasteiger partial charge in [0.05, 0.1) is 10.2 Å². The smallest absolute Gasteiger partial charge is 0.185 e. The Labute approximate surface area is 133 Å². The van der Waals surface area contributed by atoms with E-state index in [1.807, 2.05) is 14.1 Å². The van der Waals surface area contributed by atoms with Gasteiger partial charge in [-0.25, -0.2) is 4.98 Å². The fourth-order valence-electron chi connectivity index (χ4n) is 2.72. The van der Waals surface area contributed by atoms with E-state index in [0.29, 0.717) is 0 Å². The van der Waals surface area contributed by atoms with E-state index in [4.69, 9.17) is 4.98 Å². The van der Waals surface area contributed by atoms with E-state index in [1.54, 1.807) is 11.3 Å². The van der Waals surface area contributed by atoms with Crippen LogP contribution in [0.4, 0.5) is 5.13 Å². The Balaban J connectivity index is 1.95. The minimum absolute atomic E-state index is 1.04. The summed E-state index contributed by atoms with van der Waals surface area (Å²) in [6.45, 7) is 0. The van der Waals surface area contributed by atoms with Crippen LogP contribution in [0.15, 0.2) is 60.7 Å². The van der Waals surface area contributed by atoms with Crippen LogP contribution in [0.25, 0.3) is 32.1 Å². The van der Waals surface area contributed by atoms with Crippen molar-refractivity contribution in [3.8, 4) is 11.1 Å². The Bertz CT molecular complexity index is 969. The Morgan fingerprint density at radius 3 is 2.50 bits per heavy atom. The van der Waals surface area contributed by atoms with Crippen LogP contribution in [0, 0.1) is 0 Å². The summed E-state index contributed by atoms with van der Waals surface area (Å²) in [5.41, 5.74) is 3.51. The van der Waals surface area contributed by atoms with E-state index in [9.17, 15) is 0 Å².